The van der Waals surface area contributed by atoms with Crippen molar-refractivity contribution in [3.63, 3.8) is 0 Å². The Labute approximate surface area is 153 Å². The number of nitrogens with one attached hydrogen (secondary N) is 1. The maximum absolute atomic E-state index is 12.3. The highest BCUT2D eigenvalue weighted by molar-refractivity contribution is 7.17. The van der Waals surface area contributed by atoms with Crippen molar-refractivity contribution in [2.75, 3.05) is 13.2 Å². The van der Waals surface area contributed by atoms with Crippen LogP contribution < -0.4 is 14.8 Å². The quantitative estimate of drug-likeness (QED) is 0.755. The molecule has 0 saturated carbocycles. The maximum Gasteiger partial charge on any atom is 0.261 e. The Hall–Kier alpha value is -2.38. The predicted octanol–water partition coefficient (Wildman–Crippen LogP) is 3.88. The number of hydrogen-bond donors (Lipinski definition) is 1. The van der Waals surface area contributed by atoms with Crippen molar-refractivity contribution in [1.29, 1.82) is 0 Å². The molecule has 3 aromatic rings. The standard InChI is InChI=1S/C18H16N2O3S2/c1-11-20-13(10-24-11)9-19-18(21)17-5-4-16(25-17)12-2-3-14-15(8-12)23-7-6-22-14/h2-5,8,10H,6-7,9H2,1H3,(H,19,21). The molecular formula is C18H16N2O3S2. The van der Waals surface area contributed by atoms with E-state index in [9.17, 15) is 4.79 Å². The molecule has 5 nitrogen and oxygen atoms in total. The largest absolute Gasteiger partial charge is 0.486 e. The molecule has 0 bridgehead atoms. The van der Waals surface area contributed by atoms with Crippen molar-refractivity contribution >= 4 is 28.6 Å². The van der Waals surface area contributed by atoms with Crippen LogP contribution in [0.3, 0.4) is 0 Å². The van der Waals surface area contributed by atoms with Gasteiger partial charge in [0.15, 0.2) is 11.5 Å². The van der Waals surface area contributed by atoms with Crippen LogP contribution in [0.25, 0.3) is 10.4 Å². The highest BCUT2D eigenvalue weighted by Gasteiger charge is 2.15. The van der Waals surface area contributed by atoms with Crippen LogP contribution in [0.15, 0.2) is 35.7 Å². The molecule has 2 aromatic heterocycles. The minimum absolute atomic E-state index is 0.0838. The van der Waals surface area contributed by atoms with Gasteiger partial charge in [-0.25, -0.2) is 4.98 Å². The van der Waals surface area contributed by atoms with Gasteiger partial charge in [0.25, 0.3) is 5.91 Å². The van der Waals surface area contributed by atoms with Crippen LogP contribution >= 0.6 is 22.7 Å². The van der Waals surface area contributed by atoms with Gasteiger partial charge in [-0.3, -0.25) is 4.79 Å². The predicted molar refractivity (Wildman–Crippen MR) is 98.8 cm³/mol. The molecule has 1 amide bonds. The first-order valence-corrected chi connectivity index (χ1v) is 9.58. The van der Waals surface area contributed by atoms with E-state index in [1.54, 1.807) is 11.3 Å². The van der Waals surface area contributed by atoms with Crippen LogP contribution in [0, 0.1) is 6.92 Å². The molecule has 1 N–H and O–H groups in total. The molecule has 1 aliphatic heterocycles. The van der Waals surface area contributed by atoms with Gasteiger partial charge in [-0.05, 0) is 42.8 Å². The lowest BCUT2D eigenvalue weighted by atomic mass is 10.1. The first-order valence-electron chi connectivity index (χ1n) is 7.88. The van der Waals surface area contributed by atoms with E-state index in [1.165, 1.54) is 11.3 Å². The van der Waals surface area contributed by atoms with Crippen LogP contribution in [-0.4, -0.2) is 24.1 Å². The number of hydrogen-bond acceptors (Lipinski definition) is 6. The fraction of sp³-hybridized carbons (Fsp3) is 0.222. The summed E-state index contributed by atoms with van der Waals surface area (Å²) in [5, 5.41) is 5.88. The van der Waals surface area contributed by atoms with Gasteiger partial charge in [-0.1, -0.05) is 0 Å². The van der Waals surface area contributed by atoms with Gasteiger partial charge >= 0.3 is 0 Å². The molecule has 128 valence electrons. The second-order valence-electron chi connectivity index (χ2n) is 5.56. The fourth-order valence-electron chi connectivity index (χ4n) is 2.56. The summed E-state index contributed by atoms with van der Waals surface area (Å²) in [6.07, 6.45) is 0. The molecule has 1 aromatic carbocycles. The van der Waals surface area contributed by atoms with Crippen LogP contribution in [-0.2, 0) is 6.54 Å². The lowest BCUT2D eigenvalue weighted by Gasteiger charge is -2.18. The van der Waals surface area contributed by atoms with E-state index in [-0.39, 0.29) is 5.91 Å². The zero-order valence-electron chi connectivity index (χ0n) is 13.6. The van der Waals surface area contributed by atoms with E-state index in [4.69, 9.17) is 9.47 Å². The van der Waals surface area contributed by atoms with Gasteiger partial charge in [0.1, 0.15) is 13.2 Å². The zero-order chi connectivity index (χ0) is 17.2. The Morgan fingerprint density at radius 3 is 2.84 bits per heavy atom. The molecular weight excluding hydrogens is 356 g/mol. The lowest BCUT2D eigenvalue weighted by molar-refractivity contribution is 0.0954. The summed E-state index contributed by atoms with van der Waals surface area (Å²) in [7, 11) is 0. The van der Waals surface area contributed by atoms with Crippen molar-refractivity contribution in [3.8, 4) is 21.9 Å². The highest BCUT2D eigenvalue weighted by Crippen LogP contribution is 2.36. The fourth-order valence-corrected chi connectivity index (χ4v) is 4.09. The van der Waals surface area contributed by atoms with Gasteiger partial charge in [0.05, 0.1) is 22.1 Å². The first kappa shape index (κ1) is 16.1. The molecule has 1 aliphatic rings. The maximum atomic E-state index is 12.3. The molecule has 0 fully saturated rings. The molecule has 0 aliphatic carbocycles. The Balaban J connectivity index is 1.47. The van der Waals surface area contributed by atoms with Crippen LogP contribution in [0.4, 0.5) is 0 Å². The molecule has 0 atom stereocenters. The van der Waals surface area contributed by atoms with Crippen molar-refractivity contribution < 1.29 is 14.3 Å². The molecule has 3 heterocycles. The summed E-state index contributed by atoms with van der Waals surface area (Å²) >= 11 is 3.04. The number of ether oxygens (including phenoxy) is 2. The molecule has 0 radical (unpaired) electrons. The van der Waals surface area contributed by atoms with Crippen LogP contribution in [0.2, 0.25) is 0 Å². The molecule has 0 unspecified atom stereocenters. The Kier molecular flexibility index (Phi) is 4.42. The average molecular weight is 372 g/mol. The van der Waals surface area contributed by atoms with Gasteiger partial charge in [-0.2, -0.15) is 0 Å². The van der Waals surface area contributed by atoms with E-state index in [0.29, 0.717) is 24.6 Å². The van der Waals surface area contributed by atoms with Crippen molar-refractivity contribution in [2.45, 2.75) is 13.5 Å². The summed E-state index contributed by atoms with van der Waals surface area (Å²) in [5.74, 6) is 1.43. The Bertz CT molecular complexity index is 917. The van der Waals surface area contributed by atoms with Crippen molar-refractivity contribution in [3.05, 3.63) is 51.3 Å². The zero-order valence-corrected chi connectivity index (χ0v) is 15.2. The summed E-state index contributed by atoms with van der Waals surface area (Å²) < 4.78 is 11.2. The topological polar surface area (TPSA) is 60.5 Å². The van der Waals surface area contributed by atoms with Crippen molar-refractivity contribution in [2.24, 2.45) is 0 Å². The number of aryl methyl sites for hydroxylation is 1. The number of aromatic nitrogens is 1. The van der Waals surface area contributed by atoms with E-state index < -0.39 is 0 Å². The number of rotatable bonds is 4. The second kappa shape index (κ2) is 6.85. The second-order valence-corrected chi connectivity index (χ2v) is 7.71. The minimum atomic E-state index is -0.0838. The number of nitrogens with zero attached hydrogens (tertiary/aromatic N) is 1. The number of benzene rings is 1. The first-order chi connectivity index (χ1) is 12.2. The van der Waals surface area contributed by atoms with Gasteiger partial charge in [-0.15, -0.1) is 22.7 Å². The third-order valence-corrected chi connectivity index (χ3v) is 5.71. The summed E-state index contributed by atoms with van der Waals surface area (Å²) in [6.45, 7) is 3.54. The Morgan fingerprint density at radius 2 is 2.04 bits per heavy atom. The number of fused-ring (bicyclic) bond motifs is 1. The van der Waals surface area contributed by atoms with Gasteiger partial charge in [0.2, 0.25) is 0 Å². The molecule has 25 heavy (non-hydrogen) atoms. The van der Waals surface area contributed by atoms with E-state index in [1.807, 2.05) is 42.6 Å². The molecule has 0 spiro atoms. The number of thiophene rings is 1. The highest BCUT2D eigenvalue weighted by atomic mass is 32.1. The minimum Gasteiger partial charge on any atom is -0.486 e. The monoisotopic (exact) mass is 372 g/mol. The summed E-state index contributed by atoms with van der Waals surface area (Å²) in [6, 6.07) is 9.66. The number of carbonyl (C=O) groups is 1. The van der Waals surface area contributed by atoms with Crippen molar-refractivity contribution in [1.82, 2.24) is 10.3 Å². The lowest BCUT2D eigenvalue weighted by Crippen LogP contribution is -2.21. The normalized spacial score (nSPS) is 12.8. The smallest absolute Gasteiger partial charge is 0.261 e. The summed E-state index contributed by atoms with van der Waals surface area (Å²) in [4.78, 5) is 18.4. The SMILES string of the molecule is Cc1nc(CNC(=O)c2ccc(-c3ccc4c(c3)OCCO4)s2)cs1. The molecule has 4 rings (SSSR count). The van der Waals surface area contributed by atoms with E-state index >= 15 is 0 Å². The number of amides is 1. The number of thiazole rings is 1. The summed E-state index contributed by atoms with van der Waals surface area (Å²) in [5.41, 5.74) is 1.91. The van der Waals surface area contributed by atoms with E-state index in [0.717, 1.165) is 32.6 Å². The van der Waals surface area contributed by atoms with E-state index in [2.05, 4.69) is 10.3 Å². The Morgan fingerprint density at radius 1 is 1.20 bits per heavy atom. The van der Waals surface area contributed by atoms with Gasteiger partial charge in [0, 0.05) is 10.3 Å². The molecule has 0 saturated heterocycles. The molecule has 7 heteroatoms. The van der Waals surface area contributed by atoms with Crippen LogP contribution in [0.1, 0.15) is 20.4 Å². The number of carbonyl (C=O) groups excluding carboxylic acids is 1. The van der Waals surface area contributed by atoms with Crippen LogP contribution in [0.5, 0.6) is 11.5 Å². The third-order valence-electron chi connectivity index (χ3n) is 3.75. The average Bonchev–Trinajstić information content (AvgIpc) is 3.28. The third kappa shape index (κ3) is 3.52. The van der Waals surface area contributed by atoms with Gasteiger partial charge < -0.3 is 14.8 Å².